The maximum absolute atomic E-state index is 12.4. The van der Waals surface area contributed by atoms with Crippen molar-refractivity contribution in [3.8, 4) is 0 Å². The van der Waals surface area contributed by atoms with Gasteiger partial charge in [-0.1, -0.05) is 219 Å². The van der Waals surface area contributed by atoms with Crippen LogP contribution in [0.4, 0.5) is 0 Å². The van der Waals surface area contributed by atoms with Crippen LogP contribution in [0.2, 0.25) is 0 Å². The van der Waals surface area contributed by atoms with Crippen molar-refractivity contribution in [3.05, 3.63) is 0 Å². The molecule has 286 valence electrons. The fourth-order valence-electron chi connectivity index (χ4n) is 7.31. The van der Waals surface area contributed by atoms with Gasteiger partial charge in [-0.05, 0) is 12.8 Å². The third kappa shape index (κ3) is 30.2. The minimum absolute atomic E-state index is 0. The van der Waals surface area contributed by atoms with Crippen LogP contribution in [0.1, 0.15) is 232 Å². The van der Waals surface area contributed by atoms with Crippen LogP contribution in [0.3, 0.4) is 0 Å². The van der Waals surface area contributed by atoms with E-state index in [9.17, 15) is 32.8 Å². The minimum atomic E-state index is -5.19. The largest absolute Gasteiger partial charge is 1.00 e. The molecule has 0 radical (unpaired) electrons. The Morgan fingerprint density at radius 3 is 0.820 bits per heavy atom. The molecule has 1 atom stereocenters. The molecule has 0 spiro atoms. The summed E-state index contributed by atoms with van der Waals surface area (Å²) in [5.74, 6) is -3.80. The molecule has 10 heteroatoms. The first kappa shape index (κ1) is 55.2. The number of carboxylic acid groups (broad SMARTS) is 2. The number of carboxylic acids is 2. The molecule has 0 saturated heterocycles. The molecular formula is C40H76Na2O7S. The number of rotatable bonds is 38. The molecule has 0 fully saturated rings. The van der Waals surface area contributed by atoms with E-state index in [0.29, 0.717) is 25.7 Å². The molecule has 0 aromatic rings. The number of carbonyl (C=O) groups excluding carboxylic acids is 2. The van der Waals surface area contributed by atoms with Crippen molar-refractivity contribution in [2.45, 2.75) is 237 Å². The number of hydrogen-bond donors (Lipinski definition) is 1. The van der Waals surface area contributed by atoms with Crippen LogP contribution in [0.25, 0.3) is 0 Å². The predicted octanol–water partition coefficient (Wildman–Crippen LogP) is 4.04. The van der Waals surface area contributed by atoms with Gasteiger partial charge in [-0.3, -0.25) is 4.55 Å². The van der Waals surface area contributed by atoms with Gasteiger partial charge in [0.15, 0.2) is 0 Å². The first-order valence-corrected chi connectivity index (χ1v) is 22.0. The van der Waals surface area contributed by atoms with Gasteiger partial charge in [0.1, 0.15) is 5.25 Å². The molecule has 7 nitrogen and oxygen atoms in total. The van der Waals surface area contributed by atoms with Crippen LogP contribution in [0.15, 0.2) is 0 Å². The van der Waals surface area contributed by atoms with Crippen LogP contribution >= 0.6 is 0 Å². The summed E-state index contributed by atoms with van der Waals surface area (Å²) in [6.45, 7) is 4.49. The van der Waals surface area contributed by atoms with Crippen LogP contribution < -0.4 is 69.3 Å². The van der Waals surface area contributed by atoms with Gasteiger partial charge in [0.2, 0.25) is 0 Å². The predicted molar refractivity (Wildman–Crippen MR) is 196 cm³/mol. The van der Waals surface area contributed by atoms with Crippen LogP contribution in [0, 0.1) is 5.41 Å². The molecule has 0 saturated carbocycles. The van der Waals surface area contributed by atoms with E-state index in [0.717, 1.165) is 38.5 Å². The van der Waals surface area contributed by atoms with Gasteiger partial charge in [0.25, 0.3) is 10.1 Å². The summed E-state index contributed by atoms with van der Waals surface area (Å²) in [6, 6.07) is 0. The SMILES string of the molecule is CCCCCCCCCCCCCCCCCCC(CCCCCCCCCCCCCCCCCC)(C(=O)[O-])C(C(=O)[O-])S(=O)(=O)O.[Na+].[Na+]. The van der Waals surface area contributed by atoms with E-state index in [1.54, 1.807) is 0 Å². The number of carbonyl (C=O) groups is 2. The van der Waals surface area contributed by atoms with Crippen molar-refractivity contribution < 1.29 is 91.9 Å². The van der Waals surface area contributed by atoms with Gasteiger partial charge >= 0.3 is 59.1 Å². The summed E-state index contributed by atoms with van der Waals surface area (Å²) < 4.78 is 34.0. The molecule has 1 N–H and O–H groups in total. The average molecular weight is 747 g/mol. The van der Waals surface area contributed by atoms with E-state index in [4.69, 9.17) is 0 Å². The number of hydrogen-bond acceptors (Lipinski definition) is 6. The number of aliphatic carboxylic acids is 2. The molecule has 1 unspecified atom stereocenters. The van der Waals surface area contributed by atoms with Crippen molar-refractivity contribution in [2.75, 3.05) is 0 Å². The average Bonchev–Trinajstić information content (AvgIpc) is 3.03. The Kier molecular flexibility index (Phi) is 42.1. The molecule has 0 amide bonds. The smallest absolute Gasteiger partial charge is 0.549 e. The molecule has 0 rings (SSSR count). The Bertz CT molecular complexity index is 834. The maximum Gasteiger partial charge on any atom is 1.00 e. The molecule has 0 aromatic heterocycles. The van der Waals surface area contributed by atoms with Crippen molar-refractivity contribution in [3.63, 3.8) is 0 Å². The second kappa shape index (κ2) is 38.1. The quantitative estimate of drug-likeness (QED) is 0.0573. The van der Waals surface area contributed by atoms with E-state index in [1.807, 2.05) is 0 Å². The zero-order valence-electron chi connectivity index (χ0n) is 33.4. The fraction of sp³-hybridized carbons (Fsp3) is 0.950. The Morgan fingerprint density at radius 1 is 0.460 bits per heavy atom. The van der Waals surface area contributed by atoms with Gasteiger partial charge in [0.05, 0.1) is 5.97 Å². The summed E-state index contributed by atoms with van der Waals surface area (Å²) in [5, 5.41) is 21.8. The molecule has 0 aliphatic heterocycles. The Morgan fingerprint density at radius 2 is 0.660 bits per heavy atom. The van der Waals surface area contributed by atoms with E-state index in [1.165, 1.54) is 141 Å². The Balaban J connectivity index is -0.0000110. The van der Waals surface area contributed by atoms with Crippen LogP contribution in [-0.2, 0) is 19.7 Å². The normalized spacial score (nSPS) is 12.3. The zero-order chi connectivity index (χ0) is 35.8. The van der Waals surface area contributed by atoms with Gasteiger partial charge in [-0.2, -0.15) is 8.42 Å². The van der Waals surface area contributed by atoms with Gasteiger partial charge < -0.3 is 19.8 Å². The van der Waals surface area contributed by atoms with E-state index in [-0.39, 0.29) is 72.0 Å². The molecular weight excluding hydrogens is 670 g/mol. The van der Waals surface area contributed by atoms with E-state index in [2.05, 4.69) is 13.8 Å². The van der Waals surface area contributed by atoms with Crippen LogP contribution in [-0.4, -0.2) is 30.2 Å². The van der Waals surface area contributed by atoms with Crippen molar-refractivity contribution >= 4 is 22.1 Å². The maximum atomic E-state index is 12.4. The minimum Gasteiger partial charge on any atom is -0.549 e. The summed E-state index contributed by atoms with van der Waals surface area (Å²) >= 11 is 0. The number of unbranched alkanes of at least 4 members (excludes halogenated alkanes) is 30. The third-order valence-electron chi connectivity index (χ3n) is 10.4. The summed E-state index contributed by atoms with van der Waals surface area (Å²) in [6.07, 6.45) is 36.4. The monoisotopic (exact) mass is 747 g/mol. The second-order valence-corrected chi connectivity index (χ2v) is 16.3. The van der Waals surface area contributed by atoms with Crippen molar-refractivity contribution in [1.82, 2.24) is 0 Å². The standard InChI is InChI=1S/C40H78O7S.2Na/c1-3-5-7-9-11-13-15-17-19-21-23-25-27-29-31-33-35-40(39(43)44,37(38(41)42)48(45,46)47)36-34-32-30-28-26-24-22-20-18-16-14-12-10-8-6-4-2;;/h37H,3-36H2,1-2H3,(H,41,42)(H,43,44)(H,45,46,47);;/q;2*+1/p-2. The van der Waals surface area contributed by atoms with Gasteiger partial charge in [-0.25, -0.2) is 0 Å². The first-order valence-electron chi connectivity index (χ1n) is 20.5. The molecule has 0 bridgehead atoms. The van der Waals surface area contributed by atoms with Crippen LogP contribution in [0.5, 0.6) is 0 Å². The zero-order valence-corrected chi connectivity index (χ0v) is 38.2. The van der Waals surface area contributed by atoms with Gasteiger partial charge in [-0.15, -0.1) is 0 Å². The van der Waals surface area contributed by atoms with Crippen molar-refractivity contribution in [1.29, 1.82) is 0 Å². The molecule has 0 aliphatic rings. The molecule has 0 heterocycles. The van der Waals surface area contributed by atoms with E-state index >= 15 is 0 Å². The summed E-state index contributed by atoms with van der Waals surface area (Å²) in [4.78, 5) is 24.3. The Hall–Kier alpha value is 0.850. The molecule has 0 aromatic carbocycles. The third-order valence-corrected chi connectivity index (χ3v) is 11.6. The molecule has 50 heavy (non-hydrogen) atoms. The summed E-state index contributed by atoms with van der Waals surface area (Å²) in [5.41, 5.74) is -2.20. The Labute approximate surface area is 353 Å². The second-order valence-electron chi connectivity index (χ2n) is 14.8. The summed E-state index contributed by atoms with van der Waals surface area (Å²) in [7, 11) is -5.19. The fourth-order valence-corrected chi connectivity index (χ4v) is 8.45. The van der Waals surface area contributed by atoms with Crippen molar-refractivity contribution in [2.24, 2.45) is 5.41 Å². The molecule has 0 aliphatic carbocycles. The van der Waals surface area contributed by atoms with Gasteiger partial charge in [0, 0.05) is 11.4 Å². The van der Waals surface area contributed by atoms with E-state index < -0.39 is 32.7 Å². The topological polar surface area (TPSA) is 135 Å². The first-order chi connectivity index (χ1) is 23.1.